The Morgan fingerprint density at radius 1 is 0.963 bits per heavy atom. The van der Waals surface area contributed by atoms with Gasteiger partial charge in [0.05, 0.1) is 15.9 Å². The quantitative estimate of drug-likeness (QED) is 0.869. The van der Waals surface area contributed by atoms with E-state index in [4.69, 9.17) is 0 Å². The zero-order valence-electron chi connectivity index (χ0n) is 15.0. The number of carboxylic acid groups (broad SMARTS) is 1. The largest absolute Gasteiger partial charge is 0.481 e. The van der Waals surface area contributed by atoms with Crippen LogP contribution in [0.5, 0.6) is 0 Å². The van der Waals surface area contributed by atoms with Crippen LogP contribution < -0.4 is 0 Å². The van der Waals surface area contributed by atoms with Gasteiger partial charge >= 0.3 is 5.97 Å². The molecule has 1 fully saturated rings. The summed E-state index contributed by atoms with van der Waals surface area (Å²) in [4.78, 5) is 26.5. The topological polar surface area (TPSA) is 91.8 Å². The molecule has 2 aromatic rings. The molecular formula is C20H21NO5S. The van der Waals surface area contributed by atoms with Crippen LogP contribution in [0.25, 0.3) is 0 Å². The molecule has 0 aromatic heterocycles. The van der Waals surface area contributed by atoms with Crippen LogP contribution in [0.4, 0.5) is 0 Å². The normalized spacial score (nSPS) is 16.7. The Kier molecular flexibility index (Phi) is 5.06. The molecule has 142 valence electrons. The molecule has 1 aliphatic heterocycles. The summed E-state index contributed by atoms with van der Waals surface area (Å²) < 4.78 is 23.9. The highest BCUT2D eigenvalue weighted by atomic mass is 32.2. The van der Waals surface area contributed by atoms with Gasteiger partial charge in [-0.15, -0.1) is 0 Å². The fraction of sp³-hybridized carbons (Fsp3) is 0.300. The summed E-state index contributed by atoms with van der Waals surface area (Å²) >= 11 is 0. The summed E-state index contributed by atoms with van der Waals surface area (Å²) in [7, 11) is -3.54. The van der Waals surface area contributed by atoms with Crippen molar-refractivity contribution in [3.05, 3.63) is 65.7 Å². The van der Waals surface area contributed by atoms with E-state index in [1.807, 2.05) is 6.07 Å². The van der Waals surface area contributed by atoms with Crippen LogP contribution in [0, 0.1) is 0 Å². The molecule has 27 heavy (non-hydrogen) atoms. The first-order chi connectivity index (χ1) is 12.8. The molecule has 3 rings (SSSR count). The Balaban J connectivity index is 1.86. The Morgan fingerprint density at radius 3 is 2.07 bits per heavy atom. The lowest BCUT2D eigenvalue weighted by Crippen LogP contribution is -2.49. The second-order valence-corrected chi connectivity index (χ2v) is 8.80. The monoisotopic (exact) mass is 387 g/mol. The number of hydrogen-bond acceptors (Lipinski definition) is 4. The van der Waals surface area contributed by atoms with Crippen molar-refractivity contribution in [3.63, 3.8) is 0 Å². The third-order valence-electron chi connectivity index (χ3n) is 5.16. The van der Waals surface area contributed by atoms with E-state index in [1.54, 1.807) is 36.4 Å². The maximum atomic E-state index is 12.9. The van der Waals surface area contributed by atoms with E-state index >= 15 is 0 Å². The maximum absolute atomic E-state index is 12.9. The summed E-state index contributed by atoms with van der Waals surface area (Å²) in [5, 5.41) is 9.85. The number of nitrogens with zero attached hydrogens (tertiary/aromatic N) is 1. The smallest absolute Gasteiger partial charge is 0.314 e. The number of rotatable bonds is 4. The van der Waals surface area contributed by atoms with Crippen molar-refractivity contribution in [2.45, 2.75) is 23.2 Å². The molecule has 0 bridgehead atoms. The van der Waals surface area contributed by atoms with Gasteiger partial charge in [-0.2, -0.15) is 0 Å². The minimum atomic E-state index is -3.54. The van der Waals surface area contributed by atoms with Crippen molar-refractivity contribution >= 4 is 21.7 Å². The predicted molar refractivity (Wildman–Crippen MR) is 100 cm³/mol. The average Bonchev–Trinajstić information content (AvgIpc) is 2.67. The number of sulfone groups is 1. The van der Waals surface area contributed by atoms with Crippen molar-refractivity contribution < 1.29 is 23.1 Å². The van der Waals surface area contributed by atoms with Crippen molar-refractivity contribution in [1.82, 2.24) is 4.90 Å². The molecule has 0 aliphatic carbocycles. The fourth-order valence-electron chi connectivity index (χ4n) is 3.61. The van der Waals surface area contributed by atoms with Gasteiger partial charge in [0.15, 0.2) is 9.84 Å². The van der Waals surface area contributed by atoms with E-state index in [9.17, 15) is 23.1 Å². The number of carbonyl (C=O) groups is 2. The maximum Gasteiger partial charge on any atom is 0.314 e. The van der Waals surface area contributed by atoms with Crippen LogP contribution in [0.15, 0.2) is 59.5 Å². The first kappa shape index (κ1) is 19.1. The number of likely N-dealkylation sites (tertiary alicyclic amines) is 1. The summed E-state index contributed by atoms with van der Waals surface area (Å²) in [6, 6.07) is 15.1. The number of aliphatic carboxylic acids is 1. The summed E-state index contributed by atoms with van der Waals surface area (Å²) in [5.41, 5.74) is -0.183. The molecule has 1 N–H and O–H groups in total. The van der Waals surface area contributed by atoms with E-state index in [0.29, 0.717) is 0 Å². The van der Waals surface area contributed by atoms with Crippen molar-refractivity contribution in [2.24, 2.45) is 0 Å². The lowest BCUT2D eigenvalue weighted by atomic mass is 9.73. The SMILES string of the molecule is CS(=O)(=O)c1ccccc1C(=O)N1CCC(C(=O)O)(c2ccccc2)CC1. The Bertz CT molecular complexity index is 961. The van der Waals surface area contributed by atoms with Crippen molar-refractivity contribution in [3.8, 4) is 0 Å². The van der Waals surface area contributed by atoms with E-state index in [1.165, 1.54) is 17.0 Å². The molecule has 0 saturated carbocycles. The fourth-order valence-corrected chi connectivity index (χ4v) is 4.49. The van der Waals surface area contributed by atoms with Crippen LogP contribution >= 0.6 is 0 Å². The van der Waals surface area contributed by atoms with E-state index < -0.39 is 21.2 Å². The van der Waals surface area contributed by atoms with Crippen LogP contribution in [0.1, 0.15) is 28.8 Å². The highest BCUT2D eigenvalue weighted by Crippen LogP contribution is 2.36. The second kappa shape index (κ2) is 7.15. The molecule has 2 aromatic carbocycles. The molecule has 1 heterocycles. The van der Waals surface area contributed by atoms with Gasteiger partial charge in [-0.1, -0.05) is 42.5 Å². The number of benzene rings is 2. The van der Waals surface area contributed by atoms with Gasteiger partial charge in [-0.05, 0) is 30.5 Å². The van der Waals surface area contributed by atoms with Crippen LogP contribution in [0.3, 0.4) is 0 Å². The van der Waals surface area contributed by atoms with Gasteiger partial charge in [-0.3, -0.25) is 9.59 Å². The van der Waals surface area contributed by atoms with Crippen molar-refractivity contribution in [2.75, 3.05) is 19.3 Å². The minimum absolute atomic E-state index is 0.00636. The highest BCUT2D eigenvalue weighted by molar-refractivity contribution is 7.90. The predicted octanol–water partition coefficient (Wildman–Crippen LogP) is 2.35. The molecule has 0 atom stereocenters. The summed E-state index contributed by atoms with van der Waals surface area (Å²) in [5.74, 6) is -1.29. The molecule has 0 unspecified atom stereocenters. The summed E-state index contributed by atoms with van der Waals surface area (Å²) in [6.07, 6.45) is 1.62. The van der Waals surface area contributed by atoms with Gasteiger partial charge in [0.25, 0.3) is 5.91 Å². The zero-order valence-corrected chi connectivity index (χ0v) is 15.8. The first-order valence-corrected chi connectivity index (χ1v) is 10.5. The minimum Gasteiger partial charge on any atom is -0.481 e. The van der Waals surface area contributed by atoms with Gasteiger partial charge in [-0.25, -0.2) is 8.42 Å². The third kappa shape index (κ3) is 3.60. The Labute approximate surface area is 158 Å². The van der Waals surface area contributed by atoms with Gasteiger partial charge in [0, 0.05) is 19.3 Å². The molecular weight excluding hydrogens is 366 g/mol. The van der Waals surface area contributed by atoms with E-state index in [0.717, 1.165) is 11.8 Å². The first-order valence-electron chi connectivity index (χ1n) is 8.63. The average molecular weight is 387 g/mol. The lowest BCUT2D eigenvalue weighted by Gasteiger charge is -2.39. The molecule has 1 aliphatic rings. The van der Waals surface area contributed by atoms with Crippen LogP contribution in [-0.2, 0) is 20.0 Å². The summed E-state index contributed by atoms with van der Waals surface area (Å²) in [6.45, 7) is 0.496. The van der Waals surface area contributed by atoms with Gasteiger partial charge in [0.2, 0.25) is 0 Å². The number of carboxylic acids is 1. The number of amides is 1. The highest BCUT2D eigenvalue weighted by Gasteiger charge is 2.44. The molecule has 7 heteroatoms. The van der Waals surface area contributed by atoms with Crippen molar-refractivity contribution in [1.29, 1.82) is 0 Å². The van der Waals surface area contributed by atoms with Gasteiger partial charge in [0.1, 0.15) is 0 Å². The number of hydrogen-bond donors (Lipinski definition) is 1. The van der Waals surface area contributed by atoms with Crippen LogP contribution in [-0.4, -0.2) is 49.6 Å². The van der Waals surface area contributed by atoms with E-state index in [2.05, 4.69) is 0 Å². The third-order valence-corrected chi connectivity index (χ3v) is 6.31. The molecule has 6 nitrogen and oxygen atoms in total. The molecule has 0 spiro atoms. The Hall–Kier alpha value is -2.67. The lowest BCUT2D eigenvalue weighted by molar-refractivity contribution is -0.145. The second-order valence-electron chi connectivity index (χ2n) is 6.81. The van der Waals surface area contributed by atoms with E-state index in [-0.39, 0.29) is 42.3 Å². The molecule has 1 amide bonds. The van der Waals surface area contributed by atoms with Gasteiger partial charge < -0.3 is 10.0 Å². The molecule has 1 saturated heterocycles. The standard InChI is InChI=1S/C20H21NO5S/c1-27(25,26)17-10-6-5-9-16(17)18(22)21-13-11-20(12-14-21,19(23)24)15-7-3-2-4-8-15/h2-10H,11-14H2,1H3,(H,23,24). The Morgan fingerprint density at radius 2 is 1.52 bits per heavy atom. The number of piperidine rings is 1. The zero-order chi connectivity index (χ0) is 19.7. The van der Waals surface area contributed by atoms with Crippen LogP contribution in [0.2, 0.25) is 0 Å². The molecule has 0 radical (unpaired) electrons. The number of carbonyl (C=O) groups excluding carboxylic acids is 1.